The van der Waals surface area contributed by atoms with E-state index < -0.39 is 5.97 Å². The number of nitrogen functional groups attached to an aromatic ring is 1. The molecule has 0 aliphatic carbocycles. The molecule has 3 N–H and O–H groups in total. The zero-order valence-corrected chi connectivity index (χ0v) is 10.2. The van der Waals surface area contributed by atoms with Gasteiger partial charge in [0, 0.05) is 0 Å². The second kappa shape index (κ2) is 4.97. The van der Waals surface area contributed by atoms with Crippen LogP contribution >= 0.6 is 0 Å². The summed E-state index contributed by atoms with van der Waals surface area (Å²) < 4.78 is 18.6. The maximum Gasteiger partial charge on any atom is 0.335 e. The van der Waals surface area contributed by atoms with Gasteiger partial charge in [-0.05, 0) is 48.9 Å². The lowest BCUT2D eigenvalue weighted by Gasteiger charge is -2.09. The summed E-state index contributed by atoms with van der Waals surface area (Å²) in [7, 11) is 0. The average molecular weight is 261 g/mol. The van der Waals surface area contributed by atoms with Crippen molar-refractivity contribution in [2.45, 2.75) is 6.92 Å². The summed E-state index contributed by atoms with van der Waals surface area (Å²) in [4.78, 5) is 10.8. The number of carbonyl (C=O) groups is 1. The van der Waals surface area contributed by atoms with E-state index in [1.165, 1.54) is 30.3 Å². The van der Waals surface area contributed by atoms with Crippen LogP contribution in [-0.2, 0) is 0 Å². The van der Waals surface area contributed by atoms with Crippen molar-refractivity contribution in [3.63, 3.8) is 0 Å². The van der Waals surface area contributed by atoms with Gasteiger partial charge in [0.15, 0.2) is 0 Å². The van der Waals surface area contributed by atoms with E-state index in [4.69, 9.17) is 15.6 Å². The Labute approximate surface area is 109 Å². The molecule has 0 aromatic heterocycles. The molecule has 0 aliphatic heterocycles. The van der Waals surface area contributed by atoms with Crippen LogP contribution in [0.25, 0.3) is 0 Å². The van der Waals surface area contributed by atoms with Gasteiger partial charge in [0.05, 0.1) is 11.3 Å². The molecule has 0 radical (unpaired) electrons. The third-order valence-corrected chi connectivity index (χ3v) is 2.61. The van der Waals surface area contributed by atoms with Crippen LogP contribution in [-0.4, -0.2) is 11.1 Å². The molecule has 98 valence electrons. The number of halogens is 1. The molecule has 0 saturated heterocycles. The first-order chi connectivity index (χ1) is 8.97. The van der Waals surface area contributed by atoms with E-state index in [-0.39, 0.29) is 17.1 Å². The van der Waals surface area contributed by atoms with E-state index in [0.717, 1.165) is 0 Å². The topological polar surface area (TPSA) is 72.5 Å². The van der Waals surface area contributed by atoms with E-state index in [9.17, 15) is 9.18 Å². The molecule has 2 aromatic carbocycles. The number of hydrogen-bond acceptors (Lipinski definition) is 3. The average Bonchev–Trinajstić information content (AvgIpc) is 2.36. The normalized spacial score (nSPS) is 10.2. The van der Waals surface area contributed by atoms with Gasteiger partial charge < -0.3 is 15.6 Å². The van der Waals surface area contributed by atoms with Crippen molar-refractivity contribution in [1.82, 2.24) is 0 Å². The fraction of sp³-hybridized carbons (Fsp3) is 0.0714. The molecule has 0 bridgehead atoms. The van der Waals surface area contributed by atoms with Crippen molar-refractivity contribution in [3.8, 4) is 11.5 Å². The highest BCUT2D eigenvalue weighted by Gasteiger charge is 2.08. The molecule has 0 atom stereocenters. The molecule has 0 aliphatic rings. The summed E-state index contributed by atoms with van der Waals surface area (Å²) in [6.45, 7) is 1.62. The highest BCUT2D eigenvalue weighted by atomic mass is 19.1. The van der Waals surface area contributed by atoms with Crippen molar-refractivity contribution in [2.75, 3.05) is 5.73 Å². The van der Waals surface area contributed by atoms with Gasteiger partial charge in [-0.2, -0.15) is 0 Å². The lowest BCUT2D eigenvalue weighted by molar-refractivity contribution is 0.0697. The second-order valence-corrected chi connectivity index (χ2v) is 4.07. The Hall–Kier alpha value is -2.56. The number of ether oxygens (including phenoxy) is 1. The molecule has 5 heteroatoms. The van der Waals surface area contributed by atoms with Gasteiger partial charge in [-0.3, -0.25) is 0 Å². The fourth-order valence-corrected chi connectivity index (χ4v) is 1.58. The standard InChI is InChI=1S/C14H12FNO3/c1-8-6-10(3-4-11(8)15)19-13-5-2-9(14(17)18)7-12(13)16/h2-7H,16H2,1H3,(H,17,18). The SMILES string of the molecule is Cc1cc(Oc2ccc(C(=O)O)cc2N)ccc1F. The molecule has 2 rings (SSSR count). The third-order valence-electron chi connectivity index (χ3n) is 2.61. The molecule has 2 aromatic rings. The third kappa shape index (κ3) is 2.82. The molecule has 19 heavy (non-hydrogen) atoms. The number of benzene rings is 2. The van der Waals surface area contributed by atoms with E-state index >= 15 is 0 Å². The number of carboxylic acid groups (broad SMARTS) is 1. The minimum Gasteiger partial charge on any atom is -0.478 e. The molecule has 0 fully saturated rings. The number of aromatic carboxylic acids is 1. The van der Waals surface area contributed by atoms with Crippen molar-refractivity contribution in [3.05, 3.63) is 53.3 Å². The molecule has 0 saturated carbocycles. The van der Waals surface area contributed by atoms with E-state index in [0.29, 0.717) is 17.1 Å². The lowest BCUT2D eigenvalue weighted by atomic mass is 10.2. The molecule has 0 heterocycles. The van der Waals surface area contributed by atoms with E-state index in [1.54, 1.807) is 13.0 Å². The molecule has 0 spiro atoms. The molecule has 4 nitrogen and oxygen atoms in total. The lowest BCUT2D eigenvalue weighted by Crippen LogP contribution is -1.99. The number of anilines is 1. The summed E-state index contributed by atoms with van der Waals surface area (Å²) in [5.74, 6) is -0.609. The Bertz CT molecular complexity index is 641. The second-order valence-electron chi connectivity index (χ2n) is 4.07. The fourth-order valence-electron chi connectivity index (χ4n) is 1.58. The zero-order valence-electron chi connectivity index (χ0n) is 10.2. The number of nitrogens with two attached hydrogens (primary N) is 1. The monoisotopic (exact) mass is 261 g/mol. The van der Waals surface area contributed by atoms with Crippen molar-refractivity contribution < 1.29 is 19.0 Å². The Morgan fingerprint density at radius 3 is 2.58 bits per heavy atom. The van der Waals surface area contributed by atoms with Crippen LogP contribution in [0.4, 0.5) is 10.1 Å². The maximum absolute atomic E-state index is 13.1. The summed E-state index contributed by atoms with van der Waals surface area (Å²) >= 11 is 0. The predicted molar refractivity (Wildman–Crippen MR) is 69.0 cm³/mol. The summed E-state index contributed by atoms with van der Waals surface area (Å²) in [6.07, 6.45) is 0. The maximum atomic E-state index is 13.1. The smallest absolute Gasteiger partial charge is 0.335 e. The van der Waals surface area contributed by atoms with E-state index in [2.05, 4.69) is 0 Å². The molecule has 0 amide bonds. The Kier molecular flexibility index (Phi) is 3.37. The minimum atomic E-state index is -1.06. The zero-order chi connectivity index (χ0) is 14.0. The van der Waals surface area contributed by atoms with Gasteiger partial charge in [0.25, 0.3) is 0 Å². The highest BCUT2D eigenvalue weighted by Crippen LogP contribution is 2.29. The van der Waals surface area contributed by atoms with Crippen LogP contribution in [0.2, 0.25) is 0 Å². The minimum absolute atomic E-state index is 0.0835. The first-order valence-electron chi connectivity index (χ1n) is 5.54. The highest BCUT2D eigenvalue weighted by molar-refractivity contribution is 5.89. The Morgan fingerprint density at radius 1 is 1.26 bits per heavy atom. The van der Waals surface area contributed by atoms with Crippen LogP contribution < -0.4 is 10.5 Å². The molecular weight excluding hydrogens is 249 g/mol. The molecule has 0 unspecified atom stereocenters. The van der Waals surface area contributed by atoms with Crippen LogP contribution in [0.1, 0.15) is 15.9 Å². The van der Waals surface area contributed by atoms with Crippen LogP contribution in [0, 0.1) is 12.7 Å². The van der Waals surface area contributed by atoms with Gasteiger partial charge in [0.2, 0.25) is 0 Å². The van der Waals surface area contributed by atoms with Gasteiger partial charge in [-0.25, -0.2) is 9.18 Å². The van der Waals surface area contributed by atoms with Crippen LogP contribution in [0.3, 0.4) is 0 Å². The van der Waals surface area contributed by atoms with E-state index in [1.807, 2.05) is 0 Å². The van der Waals surface area contributed by atoms with Crippen LogP contribution in [0.15, 0.2) is 36.4 Å². The quantitative estimate of drug-likeness (QED) is 0.832. The molecular formula is C14H12FNO3. The predicted octanol–water partition coefficient (Wildman–Crippen LogP) is 3.21. The summed E-state index contributed by atoms with van der Waals surface area (Å²) in [5.41, 5.74) is 6.46. The Morgan fingerprint density at radius 2 is 2.00 bits per heavy atom. The first-order valence-corrected chi connectivity index (χ1v) is 5.54. The summed E-state index contributed by atoms with van der Waals surface area (Å²) in [5, 5.41) is 8.82. The van der Waals surface area contributed by atoms with Crippen molar-refractivity contribution in [2.24, 2.45) is 0 Å². The first kappa shape index (κ1) is 12.9. The number of hydrogen-bond donors (Lipinski definition) is 2. The van der Waals surface area contributed by atoms with Crippen molar-refractivity contribution >= 4 is 11.7 Å². The summed E-state index contributed by atoms with van der Waals surface area (Å²) in [6, 6.07) is 8.50. The van der Waals surface area contributed by atoms with Crippen LogP contribution in [0.5, 0.6) is 11.5 Å². The van der Waals surface area contributed by atoms with Gasteiger partial charge in [-0.1, -0.05) is 0 Å². The Balaban J connectivity index is 2.28. The number of carboxylic acids is 1. The van der Waals surface area contributed by atoms with Gasteiger partial charge >= 0.3 is 5.97 Å². The number of aryl methyl sites for hydroxylation is 1. The largest absolute Gasteiger partial charge is 0.478 e. The number of rotatable bonds is 3. The van der Waals surface area contributed by atoms with Gasteiger partial charge in [-0.15, -0.1) is 0 Å². The van der Waals surface area contributed by atoms with Crippen molar-refractivity contribution in [1.29, 1.82) is 0 Å². The van der Waals surface area contributed by atoms with Gasteiger partial charge in [0.1, 0.15) is 17.3 Å².